The van der Waals surface area contributed by atoms with Crippen LogP contribution in [0.15, 0.2) is 60.6 Å². The van der Waals surface area contributed by atoms with Gasteiger partial charge in [0.05, 0.1) is 17.8 Å². The van der Waals surface area contributed by atoms with Gasteiger partial charge in [-0.1, -0.05) is 30.8 Å². The van der Waals surface area contributed by atoms with Gasteiger partial charge in [0.1, 0.15) is 5.82 Å². The quantitative estimate of drug-likeness (QED) is 0.633. The maximum atomic E-state index is 12.3. The first-order valence-corrected chi connectivity index (χ1v) is 8.46. The number of anilines is 3. The summed E-state index contributed by atoms with van der Waals surface area (Å²) in [5.41, 5.74) is 8.20. The average molecular weight is 351 g/mol. The molecule has 2 aromatic heterocycles. The van der Waals surface area contributed by atoms with Gasteiger partial charge in [0.25, 0.3) is 0 Å². The second-order valence-electron chi connectivity index (χ2n) is 5.28. The van der Waals surface area contributed by atoms with Crippen molar-refractivity contribution < 1.29 is 4.79 Å². The number of carbonyl (C=O) groups is 1. The van der Waals surface area contributed by atoms with E-state index in [-0.39, 0.29) is 12.3 Å². The Morgan fingerprint density at radius 1 is 1.20 bits per heavy atom. The van der Waals surface area contributed by atoms with Gasteiger partial charge in [0, 0.05) is 22.8 Å². The molecule has 25 heavy (non-hydrogen) atoms. The molecule has 0 atom stereocenters. The normalized spacial score (nSPS) is 10.2. The number of carbonyl (C=O) groups excluding carboxylic acids is 1. The molecule has 0 radical (unpaired) electrons. The molecule has 0 bridgehead atoms. The molecular formula is C18H17N5OS. The summed E-state index contributed by atoms with van der Waals surface area (Å²) < 4.78 is 0. The van der Waals surface area contributed by atoms with E-state index in [0.717, 1.165) is 0 Å². The minimum atomic E-state index is -0.164. The minimum absolute atomic E-state index is 0.164. The van der Waals surface area contributed by atoms with Gasteiger partial charge in [-0.05, 0) is 18.2 Å². The summed E-state index contributed by atoms with van der Waals surface area (Å²) in [6, 6.07) is 12.9. The molecule has 0 unspecified atom stereocenters. The molecule has 0 aliphatic carbocycles. The highest BCUT2D eigenvalue weighted by Gasteiger charge is 2.11. The van der Waals surface area contributed by atoms with Gasteiger partial charge in [-0.25, -0.2) is 9.97 Å². The molecule has 0 fully saturated rings. The van der Waals surface area contributed by atoms with E-state index in [1.54, 1.807) is 12.3 Å². The highest BCUT2D eigenvalue weighted by Crippen LogP contribution is 2.22. The van der Waals surface area contributed by atoms with E-state index in [0.29, 0.717) is 33.6 Å². The van der Waals surface area contributed by atoms with Crippen LogP contribution in [0, 0.1) is 0 Å². The zero-order valence-corrected chi connectivity index (χ0v) is 14.2. The van der Waals surface area contributed by atoms with Gasteiger partial charge in [-0.15, -0.1) is 11.3 Å². The molecule has 6 nitrogen and oxygen atoms in total. The van der Waals surface area contributed by atoms with Crippen LogP contribution in [0.2, 0.25) is 0 Å². The van der Waals surface area contributed by atoms with E-state index >= 15 is 0 Å². The Morgan fingerprint density at radius 3 is 2.76 bits per heavy atom. The fourth-order valence-corrected chi connectivity index (χ4v) is 2.94. The van der Waals surface area contributed by atoms with Crippen molar-refractivity contribution in [1.29, 1.82) is 0 Å². The van der Waals surface area contributed by atoms with Gasteiger partial charge >= 0.3 is 0 Å². The standard InChI is InChI=1S/C18H17N5OS/c1-12(19)14-6-2-3-7-15(14)22-17(24)10-13-11-25-18(21-13)23-16-8-4-5-9-20-16/h2-9,11H,1,10,19H2,(H,22,24)(H,20,21,23). The van der Waals surface area contributed by atoms with Crippen LogP contribution in [0.1, 0.15) is 11.3 Å². The van der Waals surface area contributed by atoms with E-state index in [4.69, 9.17) is 5.73 Å². The number of pyridine rings is 1. The smallest absolute Gasteiger partial charge is 0.230 e. The monoisotopic (exact) mass is 351 g/mol. The molecule has 3 rings (SSSR count). The SMILES string of the molecule is C=C(N)c1ccccc1NC(=O)Cc1csc(Nc2ccccn2)n1. The number of aromatic nitrogens is 2. The van der Waals surface area contributed by atoms with Gasteiger partial charge in [-0.3, -0.25) is 4.79 Å². The Bertz CT molecular complexity index is 891. The van der Waals surface area contributed by atoms with Gasteiger partial charge < -0.3 is 16.4 Å². The Kier molecular flexibility index (Phi) is 5.06. The van der Waals surface area contributed by atoms with E-state index in [9.17, 15) is 4.79 Å². The van der Waals surface area contributed by atoms with Crippen LogP contribution >= 0.6 is 11.3 Å². The number of hydrogen-bond acceptors (Lipinski definition) is 6. The lowest BCUT2D eigenvalue weighted by atomic mass is 10.1. The van der Waals surface area contributed by atoms with Gasteiger partial charge in [0.2, 0.25) is 5.91 Å². The Morgan fingerprint density at radius 2 is 2.00 bits per heavy atom. The highest BCUT2D eigenvalue weighted by molar-refractivity contribution is 7.13. The Hall–Kier alpha value is -3.19. The first-order chi connectivity index (χ1) is 12.1. The third kappa shape index (κ3) is 4.42. The van der Waals surface area contributed by atoms with E-state index in [1.165, 1.54) is 11.3 Å². The molecule has 3 aromatic rings. The molecule has 0 spiro atoms. The highest BCUT2D eigenvalue weighted by atomic mass is 32.1. The van der Waals surface area contributed by atoms with Crippen LogP contribution in [-0.2, 0) is 11.2 Å². The van der Waals surface area contributed by atoms with Crippen molar-refractivity contribution in [2.45, 2.75) is 6.42 Å². The maximum Gasteiger partial charge on any atom is 0.230 e. The third-order valence-corrected chi connectivity index (χ3v) is 4.15. The van der Waals surface area contributed by atoms with E-state index < -0.39 is 0 Å². The van der Waals surface area contributed by atoms with Crippen molar-refractivity contribution in [1.82, 2.24) is 9.97 Å². The van der Waals surface area contributed by atoms with Gasteiger partial charge in [-0.2, -0.15) is 0 Å². The van der Waals surface area contributed by atoms with Crippen LogP contribution in [0.5, 0.6) is 0 Å². The number of benzene rings is 1. The maximum absolute atomic E-state index is 12.3. The summed E-state index contributed by atoms with van der Waals surface area (Å²) in [6.45, 7) is 3.72. The Labute approximate surface area is 149 Å². The number of amides is 1. The van der Waals surface area contributed by atoms with Crippen molar-refractivity contribution in [2.24, 2.45) is 5.73 Å². The van der Waals surface area contributed by atoms with E-state index in [1.807, 2.05) is 41.8 Å². The number of nitrogens with zero attached hydrogens (tertiary/aromatic N) is 2. The lowest BCUT2D eigenvalue weighted by Gasteiger charge is -2.10. The lowest BCUT2D eigenvalue weighted by molar-refractivity contribution is -0.115. The van der Waals surface area contributed by atoms with Crippen molar-refractivity contribution in [2.75, 3.05) is 10.6 Å². The molecule has 2 heterocycles. The topological polar surface area (TPSA) is 92.9 Å². The predicted molar refractivity (Wildman–Crippen MR) is 102 cm³/mol. The zero-order chi connectivity index (χ0) is 17.6. The minimum Gasteiger partial charge on any atom is -0.399 e. The molecule has 0 saturated carbocycles. The zero-order valence-electron chi connectivity index (χ0n) is 13.4. The van der Waals surface area contributed by atoms with Crippen LogP contribution < -0.4 is 16.4 Å². The molecule has 7 heteroatoms. The third-order valence-electron chi connectivity index (χ3n) is 3.34. The summed E-state index contributed by atoms with van der Waals surface area (Å²) >= 11 is 1.42. The molecule has 126 valence electrons. The van der Waals surface area contributed by atoms with Crippen molar-refractivity contribution in [3.8, 4) is 0 Å². The average Bonchev–Trinajstić information content (AvgIpc) is 3.02. The molecular weight excluding hydrogens is 334 g/mol. The fourth-order valence-electron chi connectivity index (χ4n) is 2.22. The fraction of sp³-hybridized carbons (Fsp3) is 0.0556. The summed E-state index contributed by atoms with van der Waals surface area (Å²) in [4.78, 5) is 20.9. The summed E-state index contributed by atoms with van der Waals surface area (Å²) in [5, 5.41) is 8.50. The predicted octanol–water partition coefficient (Wildman–Crippen LogP) is 3.39. The van der Waals surface area contributed by atoms with Crippen LogP contribution in [0.3, 0.4) is 0 Å². The number of para-hydroxylation sites is 1. The summed E-state index contributed by atoms with van der Waals surface area (Å²) in [5.74, 6) is 0.548. The molecule has 4 N–H and O–H groups in total. The Balaban J connectivity index is 1.63. The second-order valence-corrected chi connectivity index (χ2v) is 6.14. The number of rotatable bonds is 6. The van der Waals surface area contributed by atoms with Crippen LogP contribution in [0.4, 0.5) is 16.6 Å². The molecule has 1 aromatic carbocycles. The molecule has 0 aliphatic rings. The van der Waals surface area contributed by atoms with Crippen molar-refractivity contribution >= 4 is 39.6 Å². The van der Waals surface area contributed by atoms with Crippen molar-refractivity contribution in [3.63, 3.8) is 0 Å². The molecule has 0 saturated heterocycles. The van der Waals surface area contributed by atoms with Crippen LogP contribution in [0.25, 0.3) is 5.70 Å². The van der Waals surface area contributed by atoms with Crippen LogP contribution in [-0.4, -0.2) is 15.9 Å². The lowest BCUT2D eigenvalue weighted by Crippen LogP contribution is -2.16. The first-order valence-electron chi connectivity index (χ1n) is 7.58. The number of hydrogen-bond donors (Lipinski definition) is 3. The first kappa shape index (κ1) is 16.7. The number of nitrogens with one attached hydrogen (secondary N) is 2. The second kappa shape index (κ2) is 7.59. The molecule has 0 aliphatic heterocycles. The molecule has 1 amide bonds. The summed E-state index contributed by atoms with van der Waals surface area (Å²) in [7, 11) is 0. The number of nitrogens with two attached hydrogens (primary N) is 1. The number of thiazole rings is 1. The van der Waals surface area contributed by atoms with E-state index in [2.05, 4.69) is 27.2 Å². The van der Waals surface area contributed by atoms with Gasteiger partial charge in [0.15, 0.2) is 5.13 Å². The van der Waals surface area contributed by atoms with Crippen molar-refractivity contribution in [3.05, 3.63) is 71.9 Å². The summed E-state index contributed by atoms with van der Waals surface area (Å²) in [6.07, 6.45) is 1.87. The largest absolute Gasteiger partial charge is 0.399 e.